The van der Waals surface area contributed by atoms with Gasteiger partial charge >= 0.3 is 0 Å². The molecule has 2 atom stereocenters. The number of rotatable bonds is 3. The normalized spacial score (nSPS) is 26.6. The van der Waals surface area contributed by atoms with Gasteiger partial charge in [0.05, 0.1) is 6.04 Å². The van der Waals surface area contributed by atoms with E-state index in [1.165, 1.54) is 6.42 Å². The highest BCUT2D eigenvalue weighted by molar-refractivity contribution is 5.85. The van der Waals surface area contributed by atoms with Crippen molar-refractivity contribution in [2.24, 2.45) is 17.6 Å². The number of piperidine rings is 1. The van der Waals surface area contributed by atoms with Crippen LogP contribution in [-0.4, -0.2) is 43.2 Å². The van der Waals surface area contributed by atoms with Gasteiger partial charge in [-0.05, 0) is 37.5 Å². The Morgan fingerprint density at radius 2 is 2.05 bits per heavy atom. The van der Waals surface area contributed by atoms with E-state index in [2.05, 4.69) is 6.92 Å². The highest BCUT2D eigenvalue weighted by Gasteiger charge is 2.31. The number of nitrogens with zero attached hydrogens (tertiary/aromatic N) is 1. The molecule has 2 aliphatic heterocycles. The number of nitrogens with two attached hydrogens (primary N) is 1. The van der Waals surface area contributed by atoms with Crippen molar-refractivity contribution in [3.63, 3.8) is 0 Å². The van der Waals surface area contributed by atoms with Crippen LogP contribution in [-0.2, 0) is 9.53 Å². The summed E-state index contributed by atoms with van der Waals surface area (Å²) in [5.74, 6) is 1.15. The molecule has 5 heteroatoms. The summed E-state index contributed by atoms with van der Waals surface area (Å²) in [6, 6.07) is -0.315. The van der Waals surface area contributed by atoms with Crippen LogP contribution in [0.25, 0.3) is 0 Å². The smallest absolute Gasteiger partial charge is 0.239 e. The third-order valence-electron chi connectivity index (χ3n) is 4.47. The van der Waals surface area contributed by atoms with Crippen LogP contribution in [0.5, 0.6) is 0 Å². The lowest BCUT2D eigenvalue weighted by atomic mass is 9.89. The van der Waals surface area contributed by atoms with Crippen LogP contribution in [0.4, 0.5) is 0 Å². The lowest BCUT2D eigenvalue weighted by molar-refractivity contribution is -0.136. The quantitative estimate of drug-likeness (QED) is 0.862. The SMILES string of the molecule is CCC1CCCN(C(=O)C(N)C2CCOCC2)C1.Cl. The van der Waals surface area contributed by atoms with E-state index in [9.17, 15) is 4.79 Å². The summed E-state index contributed by atoms with van der Waals surface area (Å²) in [5.41, 5.74) is 6.16. The molecule has 0 aromatic heterocycles. The highest BCUT2D eigenvalue weighted by atomic mass is 35.5. The fourth-order valence-electron chi connectivity index (χ4n) is 3.09. The van der Waals surface area contributed by atoms with E-state index in [4.69, 9.17) is 10.5 Å². The third kappa shape index (κ3) is 4.33. The van der Waals surface area contributed by atoms with Crippen molar-refractivity contribution >= 4 is 18.3 Å². The van der Waals surface area contributed by atoms with Crippen molar-refractivity contribution in [3.05, 3.63) is 0 Å². The number of carbonyl (C=O) groups is 1. The van der Waals surface area contributed by atoms with E-state index in [-0.39, 0.29) is 24.4 Å². The second kappa shape index (κ2) is 8.08. The minimum absolute atomic E-state index is 0. The Hall–Kier alpha value is -0.320. The largest absolute Gasteiger partial charge is 0.381 e. The second-order valence-corrected chi connectivity index (χ2v) is 5.68. The molecule has 2 unspecified atom stereocenters. The summed E-state index contributed by atoms with van der Waals surface area (Å²) in [4.78, 5) is 14.4. The van der Waals surface area contributed by atoms with E-state index in [0.29, 0.717) is 11.8 Å². The van der Waals surface area contributed by atoms with Crippen molar-refractivity contribution in [2.75, 3.05) is 26.3 Å². The first kappa shape index (κ1) is 16.7. The minimum Gasteiger partial charge on any atom is -0.381 e. The van der Waals surface area contributed by atoms with Gasteiger partial charge in [0.15, 0.2) is 0 Å². The first-order valence-electron chi connectivity index (χ1n) is 7.34. The molecule has 0 saturated carbocycles. The van der Waals surface area contributed by atoms with E-state index in [1.54, 1.807) is 0 Å². The zero-order valence-corrected chi connectivity index (χ0v) is 12.7. The molecule has 0 bridgehead atoms. The van der Waals surface area contributed by atoms with Gasteiger partial charge in [-0.2, -0.15) is 0 Å². The molecule has 2 rings (SSSR count). The summed E-state index contributed by atoms with van der Waals surface area (Å²) >= 11 is 0. The van der Waals surface area contributed by atoms with Crippen LogP contribution in [0.15, 0.2) is 0 Å². The molecule has 2 aliphatic rings. The fraction of sp³-hybridized carbons (Fsp3) is 0.929. The monoisotopic (exact) mass is 290 g/mol. The van der Waals surface area contributed by atoms with Crippen molar-refractivity contribution < 1.29 is 9.53 Å². The van der Waals surface area contributed by atoms with Gasteiger partial charge in [-0.3, -0.25) is 4.79 Å². The number of halogens is 1. The van der Waals surface area contributed by atoms with Crippen LogP contribution in [0.2, 0.25) is 0 Å². The number of likely N-dealkylation sites (tertiary alicyclic amines) is 1. The van der Waals surface area contributed by atoms with Crippen molar-refractivity contribution in [1.82, 2.24) is 4.90 Å². The number of carbonyl (C=O) groups excluding carboxylic acids is 1. The molecule has 1 amide bonds. The summed E-state index contributed by atoms with van der Waals surface area (Å²) in [6.07, 6.45) is 5.41. The summed E-state index contributed by atoms with van der Waals surface area (Å²) in [6.45, 7) is 5.52. The predicted molar refractivity (Wildman–Crippen MR) is 78.4 cm³/mol. The standard InChI is InChI=1S/C14H26N2O2.ClH/c1-2-11-4-3-7-16(10-11)14(17)13(15)12-5-8-18-9-6-12;/h11-13H,2-10,15H2,1H3;1H. The van der Waals surface area contributed by atoms with E-state index < -0.39 is 0 Å². The molecule has 2 N–H and O–H groups in total. The number of hydrogen-bond acceptors (Lipinski definition) is 3. The maximum atomic E-state index is 12.4. The molecule has 0 aromatic carbocycles. The molecule has 0 spiro atoms. The summed E-state index contributed by atoms with van der Waals surface area (Å²) < 4.78 is 5.33. The lowest BCUT2D eigenvalue weighted by Crippen LogP contribution is -2.51. The average molecular weight is 291 g/mol. The highest BCUT2D eigenvalue weighted by Crippen LogP contribution is 2.23. The lowest BCUT2D eigenvalue weighted by Gasteiger charge is -2.36. The second-order valence-electron chi connectivity index (χ2n) is 5.68. The summed E-state index contributed by atoms with van der Waals surface area (Å²) in [5, 5.41) is 0. The molecular weight excluding hydrogens is 264 g/mol. The van der Waals surface area contributed by atoms with E-state index in [1.807, 2.05) is 4.90 Å². The number of amides is 1. The van der Waals surface area contributed by atoms with Gasteiger partial charge in [-0.15, -0.1) is 12.4 Å². The van der Waals surface area contributed by atoms with Gasteiger partial charge in [0.25, 0.3) is 0 Å². The van der Waals surface area contributed by atoms with Gasteiger partial charge in [-0.25, -0.2) is 0 Å². The summed E-state index contributed by atoms with van der Waals surface area (Å²) in [7, 11) is 0. The average Bonchev–Trinajstić information content (AvgIpc) is 2.46. The maximum Gasteiger partial charge on any atom is 0.239 e. The first-order chi connectivity index (χ1) is 8.72. The molecule has 2 saturated heterocycles. The van der Waals surface area contributed by atoms with E-state index >= 15 is 0 Å². The number of ether oxygens (including phenoxy) is 1. The van der Waals surface area contributed by atoms with Crippen LogP contribution < -0.4 is 5.73 Å². The van der Waals surface area contributed by atoms with Crippen LogP contribution in [0, 0.1) is 11.8 Å². The van der Waals surface area contributed by atoms with Gasteiger partial charge in [0.1, 0.15) is 0 Å². The van der Waals surface area contributed by atoms with Gasteiger partial charge in [0, 0.05) is 26.3 Å². The molecule has 0 aliphatic carbocycles. The van der Waals surface area contributed by atoms with E-state index in [0.717, 1.165) is 52.0 Å². The van der Waals surface area contributed by atoms with Crippen molar-refractivity contribution in [2.45, 2.75) is 45.1 Å². The minimum atomic E-state index is -0.315. The Morgan fingerprint density at radius 1 is 1.37 bits per heavy atom. The fourth-order valence-corrected chi connectivity index (χ4v) is 3.09. The molecule has 4 nitrogen and oxygen atoms in total. The van der Waals surface area contributed by atoms with Gasteiger partial charge < -0.3 is 15.4 Å². The van der Waals surface area contributed by atoms with Crippen molar-refractivity contribution in [3.8, 4) is 0 Å². The zero-order valence-electron chi connectivity index (χ0n) is 11.8. The Kier molecular flexibility index (Phi) is 7.11. The van der Waals surface area contributed by atoms with Crippen LogP contribution >= 0.6 is 12.4 Å². The number of hydrogen-bond donors (Lipinski definition) is 1. The van der Waals surface area contributed by atoms with Gasteiger partial charge in [0.2, 0.25) is 5.91 Å². The molecule has 112 valence electrons. The van der Waals surface area contributed by atoms with Crippen LogP contribution in [0.3, 0.4) is 0 Å². The molecule has 2 heterocycles. The Bertz CT molecular complexity index is 279. The van der Waals surface area contributed by atoms with Crippen LogP contribution in [0.1, 0.15) is 39.0 Å². The molecule has 0 aromatic rings. The predicted octanol–water partition coefficient (Wildman–Crippen LogP) is 1.81. The molecule has 0 radical (unpaired) electrons. The maximum absolute atomic E-state index is 12.4. The Balaban J connectivity index is 0.00000180. The van der Waals surface area contributed by atoms with Gasteiger partial charge in [-0.1, -0.05) is 13.3 Å². The Labute approximate surface area is 122 Å². The topological polar surface area (TPSA) is 55.6 Å². The van der Waals surface area contributed by atoms with Crippen molar-refractivity contribution in [1.29, 1.82) is 0 Å². The molecule has 2 fully saturated rings. The molecule has 19 heavy (non-hydrogen) atoms. The first-order valence-corrected chi connectivity index (χ1v) is 7.34. The third-order valence-corrected chi connectivity index (χ3v) is 4.47. The zero-order chi connectivity index (χ0) is 13.0. The Morgan fingerprint density at radius 3 is 2.68 bits per heavy atom. The molecular formula is C14H27ClN2O2.